The molecule has 0 saturated carbocycles. The summed E-state index contributed by atoms with van der Waals surface area (Å²) in [5, 5.41) is 29.3. The third-order valence-electron chi connectivity index (χ3n) is 3.62. The Hall–Kier alpha value is -1.85. The fraction of sp³-hybridized carbons (Fsp3) is 0.545. The average molecular weight is 296 g/mol. The average Bonchev–Trinajstić information content (AvgIpc) is 2.91. The van der Waals surface area contributed by atoms with E-state index >= 15 is 0 Å². The number of fused-ring (bicyclic) bond motifs is 1. The number of nitrogens with two attached hydrogens (primary N) is 2. The van der Waals surface area contributed by atoms with Crippen LogP contribution >= 0.6 is 0 Å². The Labute approximate surface area is 119 Å². The molecule has 7 N–H and O–H groups in total. The Morgan fingerprint density at radius 1 is 1.24 bits per heavy atom. The number of aromatic nitrogens is 4. The van der Waals surface area contributed by atoms with E-state index in [1.54, 1.807) is 0 Å². The van der Waals surface area contributed by atoms with Gasteiger partial charge in [0, 0.05) is 0 Å². The van der Waals surface area contributed by atoms with E-state index in [-0.39, 0.29) is 5.82 Å². The van der Waals surface area contributed by atoms with E-state index in [0.717, 1.165) is 0 Å². The van der Waals surface area contributed by atoms with Gasteiger partial charge < -0.3 is 31.5 Å². The standard InChI is InChI=1S/C11H16N6O4/c12-5-7(19)4(1-18)21-11(8(5)20)17-3-16-6-9(13)14-2-15-10(6)17/h2-5,7-8,11,18-20H,1,12H2,(H2,13,14,15)/t4-,5+,7-,8-,11-/m1/s1. The van der Waals surface area contributed by atoms with Gasteiger partial charge >= 0.3 is 0 Å². The molecule has 5 atom stereocenters. The molecule has 1 fully saturated rings. The first-order valence-corrected chi connectivity index (χ1v) is 6.35. The number of imidazole rings is 1. The monoisotopic (exact) mass is 296 g/mol. The van der Waals surface area contributed by atoms with Crippen LogP contribution in [-0.4, -0.2) is 65.8 Å². The SMILES string of the molecule is Nc1ncnc2c1ncn2[C@@H]1O[C@H](CO)[C@@H](O)[C@H](N)[C@H]1O. The first-order chi connectivity index (χ1) is 10.0. The molecule has 114 valence electrons. The third-order valence-corrected chi connectivity index (χ3v) is 3.62. The second-order valence-electron chi connectivity index (χ2n) is 4.89. The summed E-state index contributed by atoms with van der Waals surface area (Å²) in [7, 11) is 0. The fourth-order valence-corrected chi connectivity index (χ4v) is 2.42. The Bertz CT molecular complexity index is 647. The highest BCUT2D eigenvalue weighted by molar-refractivity contribution is 5.81. The molecular weight excluding hydrogens is 280 g/mol. The molecule has 10 heteroatoms. The van der Waals surface area contributed by atoms with Crippen molar-refractivity contribution < 1.29 is 20.1 Å². The summed E-state index contributed by atoms with van der Waals surface area (Å²) in [6.07, 6.45) is -1.57. The minimum absolute atomic E-state index is 0.201. The molecule has 1 saturated heterocycles. The number of anilines is 1. The van der Waals surface area contributed by atoms with Gasteiger partial charge in [0.2, 0.25) is 0 Å². The zero-order chi connectivity index (χ0) is 15.1. The maximum Gasteiger partial charge on any atom is 0.167 e. The molecule has 3 heterocycles. The third kappa shape index (κ3) is 2.13. The minimum Gasteiger partial charge on any atom is -0.394 e. The van der Waals surface area contributed by atoms with Crippen LogP contribution in [0.2, 0.25) is 0 Å². The van der Waals surface area contributed by atoms with Gasteiger partial charge in [-0.25, -0.2) is 15.0 Å². The Morgan fingerprint density at radius 3 is 2.71 bits per heavy atom. The van der Waals surface area contributed by atoms with Crippen molar-refractivity contribution in [3.8, 4) is 0 Å². The number of aliphatic hydroxyl groups is 3. The molecule has 0 bridgehead atoms. The van der Waals surface area contributed by atoms with E-state index in [1.807, 2.05) is 0 Å². The number of nitrogens with zero attached hydrogens (tertiary/aromatic N) is 4. The van der Waals surface area contributed by atoms with E-state index < -0.39 is 37.2 Å². The first-order valence-electron chi connectivity index (χ1n) is 6.35. The lowest BCUT2D eigenvalue weighted by atomic mass is 9.96. The minimum atomic E-state index is -1.20. The van der Waals surface area contributed by atoms with Crippen molar-refractivity contribution in [2.45, 2.75) is 30.6 Å². The molecule has 0 amide bonds. The summed E-state index contributed by atoms with van der Waals surface area (Å²) in [6, 6.07) is -0.975. The highest BCUT2D eigenvalue weighted by Gasteiger charge is 2.43. The Morgan fingerprint density at radius 2 is 2.00 bits per heavy atom. The Kier molecular flexibility index (Phi) is 3.47. The summed E-state index contributed by atoms with van der Waals surface area (Å²) in [6.45, 7) is -0.429. The van der Waals surface area contributed by atoms with Gasteiger partial charge in [0.15, 0.2) is 17.7 Å². The predicted octanol–water partition coefficient (Wildman–Crippen LogP) is -2.65. The highest BCUT2D eigenvalue weighted by Crippen LogP contribution is 2.29. The lowest BCUT2D eigenvalue weighted by Crippen LogP contribution is -2.60. The van der Waals surface area contributed by atoms with Crippen LogP contribution in [0, 0.1) is 0 Å². The van der Waals surface area contributed by atoms with Gasteiger partial charge in [0.25, 0.3) is 0 Å². The van der Waals surface area contributed by atoms with Crippen molar-refractivity contribution in [1.29, 1.82) is 0 Å². The molecule has 21 heavy (non-hydrogen) atoms. The number of ether oxygens (including phenoxy) is 1. The zero-order valence-electron chi connectivity index (χ0n) is 10.9. The van der Waals surface area contributed by atoms with Gasteiger partial charge in [0.05, 0.1) is 19.0 Å². The molecule has 3 rings (SSSR count). The van der Waals surface area contributed by atoms with Crippen LogP contribution in [-0.2, 0) is 4.74 Å². The maximum atomic E-state index is 10.2. The second-order valence-corrected chi connectivity index (χ2v) is 4.89. The molecule has 0 aliphatic carbocycles. The van der Waals surface area contributed by atoms with Gasteiger partial charge in [-0.15, -0.1) is 0 Å². The zero-order valence-corrected chi connectivity index (χ0v) is 10.9. The highest BCUT2D eigenvalue weighted by atomic mass is 16.5. The van der Waals surface area contributed by atoms with Gasteiger partial charge in [0.1, 0.15) is 30.2 Å². The van der Waals surface area contributed by atoms with E-state index in [1.165, 1.54) is 17.2 Å². The lowest BCUT2D eigenvalue weighted by molar-refractivity contribution is -0.213. The van der Waals surface area contributed by atoms with Crippen molar-refractivity contribution in [3.63, 3.8) is 0 Å². The van der Waals surface area contributed by atoms with Crippen LogP contribution in [0.5, 0.6) is 0 Å². The smallest absolute Gasteiger partial charge is 0.167 e. The summed E-state index contributed by atoms with van der Waals surface area (Å²) in [4.78, 5) is 12.0. The van der Waals surface area contributed by atoms with E-state index in [2.05, 4.69) is 15.0 Å². The molecule has 2 aromatic heterocycles. The quantitative estimate of drug-likeness (QED) is 0.397. The molecule has 0 radical (unpaired) electrons. The Balaban J connectivity index is 2.03. The van der Waals surface area contributed by atoms with Crippen LogP contribution in [0.1, 0.15) is 6.23 Å². The van der Waals surface area contributed by atoms with E-state index in [9.17, 15) is 15.3 Å². The normalized spacial score (nSPS) is 33.4. The number of aliphatic hydroxyl groups excluding tert-OH is 3. The molecule has 1 aliphatic heterocycles. The summed E-state index contributed by atoms with van der Waals surface area (Å²) in [5.41, 5.74) is 12.2. The number of nitrogen functional groups attached to an aromatic ring is 1. The van der Waals surface area contributed by atoms with Crippen molar-refractivity contribution in [3.05, 3.63) is 12.7 Å². The van der Waals surface area contributed by atoms with Gasteiger partial charge in [-0.1, -0.05) is 0 Å². The number of hydrogen-bond acceptors (Lipinski definition) is 9. The van der Waals surface area contributed by atoms with Crippen LogP contribution in [0.4, 0.5) is 5.82 Å². The van der Waals surface area contributed by atoms with Crippen molar-refractivity contribution in [2.75, 3.05) is 12.3 Å². The van der Waals surface area contributed by atoms with Crippen molar-refractivity contribution >= 4 is 17.0 Å². The molecule has 0 aromatic carbocycles. The van der Waals surface area contributed by atoms with Crippen molar-refractivity contribution in [2.24, 2.45) is 5.73 Å². The number of rotatable bonds is 2. The van der Waals surface area contributed by atoms with Crippen molar-refractivity contribution in [1.82, 2.24) is 19.5 Å². The summed E-state index contributed by atoms with van der Waals surface area (Å²) in [5.74, 6) is 0.201. The van der Waals surface area contributed by atoms with E-state index in [4.69, 9.17) is 16.2 Å². The molecule has 10 nitrogen and oxygen atoms in total. The summed E-state index contributed by atoms with van der Waals surface area (Å²) < 4.78 is 6.97. The lowest BCUT2D eigenvalue weighted by Gasteiger charge is -2.41. The maximum absolute atomic E-state index is 10.2. The first kappa shape index (κ1) is 14.1. The number of hydrogen-bond donors (Lipinski definition) is 5. The van der Waals surface area contributed by atoms with Crippen LogP contribution in [0.3, 0.4) is 0 Å². The van der Waals surface area contributed by atoms with Gasteiger partial charge in [-0.3, -0.25) is 4.57 Å². The van der Waals surface area contributed by atoms with Crippen LogP contribution in [0.25, 0.3) is 11.2 Å². The molecular formula is C11H16N6O4. The van der Waals surface area contributed by atoms with Gasteiger partial charge in [-0.05, 0) is 0 Å². The molecule has 0 spiro atoms. The van der Waals surface area contributed by atoms with Crippen LogP contribution in [0.15, 0.2) is 12.7 Å². The largest absolute Gasteiger partial charge is 0.394 e. The van der Waals surface area contributed by atoms with E-state index in [0.29, 0.717) is 11.2 Å². The summed E-state index contributed by atoms with van der Waals surface area (Å²) >= 11 is 0. The second kappa shape index (κ2) is 5.16. The molecule has 2 aromatic rings. The molecule has 1 aliphatic rings. The van der Waals surface area contributed by atoms with Crippen LogP contribution < -0.4 is 11.5 Å². The fourth-order valence-electron chi connectivity index (χ4n) is 2.42. The predicted molar refractivity (Wildman–Crippen MR) is 70.7 cm³/mol. The molecule has 0 unspecified atom stereocenters. The van der Waals surface area contributed by atoms with Gasteiger partial charge in [-0.2, -0.15) is 0 Å². The topological polar surface area (TPSA) is 166 Å².